The molecule has 6 aromatic carbocycles. The fourth-order valence-electron chi connectivity index (χ4n) is 10.9. The molecular weight excluding hydrogens is 1200 g/mol. The third-order valence-corrected chi connectivity index (χ3v) is 18.2. The Morgan fingerprint density at radius 2 is 0.952 bits per heavy atom. The van der Waals surface area contributed by atoms with E-state index in [-0.39, 0.29) is 24.0 Å². The Kier molecular flexibility index (Phi) is 20.6. The summed E-state index contributed by atoms with van der Waals surface area (Å²) >= 11 is -0.434. The number of para-hydroxylation sites is 2. The summed E-state index contributed by atoms with van der Waals surface area (Å²) in [6.45, 7) is 19.2. The molecule has 0 amide bonds. The maximum absolute atomic E-state index is 10.7. The zero-order valence-electron chi connectivity index (χ0n) is 49.1. The average Bonchev–Trinajstić information content (AvgIpc) is 2.21. The summed E-state index contributed by atoms with van der Waals surface area (Å²) in [5.41, 5.74) is 19.6. The van der Waals surface area contributed by atoms with Gasteiger partial charge in [-0.05, 0) is 74.9 Å². The van der Waals surface area contributed by atoms with Gasteiger partial charge in [0.15, 0.2) is 0 Å². The molecule has 9 rings (SSSR count). The van der Waals surface area contributed by atoms with Gasteiger partial charge >= 0.3 is 162 Å². The van der Waals surface area contributed by atoms with Crippen molar-refractivity contribution in [3.63, 3.8) is 0 Å². The summed E-state index contributed by atoms with van der Waals surface area (Å²) in [4.78, 5) is 5.07. The van der Waals surface area contributed by atoms with E-state index >= 15 is 0 Å². The van der Waals surface area contributed by atoms with Crippen molar-refractivity contribution in [2.24, 2.45) is 0 Å². The van der Waals surface area contributed by atoms with Gasteiger partial charge in [-0.25, -0.2) is 0 Å². The second kappa shape index (κ2) is 26.5. The van der Waals surface area contributed by atoms with Gasteiger partial charge in [0.25, 0.3) is 0 Å². The molecule has 0 saturated heterocycles. The van der Waals surface area contributed by atoms with Crippen molar-refractivity contribution in [2.75, 3.05) is 57.4 Å². The van der Waals surface area contributed by atoms with Crippen LogP contribution < -0.4 is 40.3 Å². The van der Waals surface area contributed by atoms with Gasteiger partial charge in [-0.2, -0.15) is 4.58 Å². The van der Waals surface area contributed by atoms with Crippen molar-refractivity contribution in [3.05, 3.63) is 226 Å². The zero-order chi connectivity index (χ0) is 60.4. The summed E-state index contributed by atoms with van der Waals surface area (Å²) in [6.07, 6.45) is 13.5. The van der Waals surface area contributed by atoms with Crippen molar-refractivity contribution in [2.45, 2.75) is 98.2 Å². The van der Waals surface area contributed by atoms with E-state index < -0.39 is 29.0 Å². The molecule has 16 heteroatoms. The predicted molar refractivity (Wildman–Crippen MR) is 324 cm³/mol. The summed E-state index contributed by atoms with van der Waals surface area (Å²) in [6, 6.07) is 47.7. The second-order valence-electron chi connectivity index (χ2n) is 22.1. The molecule has 1 fully saturated rings. The number of aryl methyl sites for hydroxylation is 3. The molecule has 0 bridgehead atoms. The van der Waals surface area contributed by atoms with Gasteiger partial charge in [0.2, 0.25) is 17.1 Å². The van der Waals surface area contributed by atoms with E-state index in [4.69, 9.17) is 14.2 Å². The minimum absolute atomic E-state index is 0.0366. The Morgan fingerprint density at radius 1 is 0.554 bits per heavy atom. The molecule has 6 aromatic rings. The van der Waals surface area contributed by atoms with Gasteiger partial charge in [-0.15, -0.1) is 0 Å². The summed E-state index contributed by atoms with van der Waals surface area (Å²) < 4.78 is 80.3. The van der Waals surface area contributed by atoms with Crippen LogP contribution in [0, 0.1) is 27.9 Å². The summed E-state index contributed by atoms with van der Waals surface area (Å²) in [7, 11) is -5.48. The first kappa shape index (κ1) is 64.5. The number of rotatable bonds is 17. The first-order chi connectivity index (χ1) is 39.2. The first-order valence-corrected chi connectivity index (χ1v) is 31.9. The molecule has 8 nitrogen and oxygen atoms in total. The Labute approximate surface area is 496 Å². The van der Waals surface area contributed by atoms with E-state index in [0.717, 1.165) is 78.1 Å². The van der Waals surface area contributed by atoms with E-state index in [0.29, 0.717) is 5.75 Å². The van der Waals surface area contributed by atoms with Crippen molar-refractivity contribution in [3.8, 4) is 5.75 Å². The fourth-order valence-corrected chi connectivity index (χ4v) is 13.6. The van der Waals surface area contributed by atoms with E-state index in [9.17, 15) is 35.4 Å². The van der Waals surface area contributed by atoms with Crippen LogP contribution in [0.2, 0.25) is 0 Å². The molecule has 2 heterocycles. The van der Waals surface area contributed by atoms with E-state index in [1.165, 1.54) is 71.0 Å². The number of ether oxygens (including phenoxy) is 3. The SMILES string of the molecule is COCCCN1C(=CC=C2CC/C(=C\C=C3\N(CCCOC)c4ccc(C)cc4C3(C)C)C2=[N+](c2ccccc2)c2ccccc2)C(C)(C)c2cc(C)ccc21.COc1cc(CO)c([I-]c2ccc(C)cc2)c(CO)c1.F[P-](F)(F)(F)(F)F. The molecule has 1 saturated carbocycles. The molecule has 3 aliphatic rings. The third-order valence-electron chi connectivity index (χ3n) is 15.0. The van der Waals surface area contributed by atoms with Gasteiger partial charge in [0.1, 0.15) is 0 Å². The van der Waals surface area contributed by atoms with Gasteiger partial charge in [0, 0.05) is 110 Å². The van der Waals surface area contributed by atoms with Crippen LogP contribution in [0.15, 0.2) is 180 Å². The van der Waals surface area contributed by atoms with Gasteiger partial charge in [-0.1, -0.05) is 112 Å². The van der Waals surface area contributed by atoms with Crippen LogP contribution in [0.25, 0.3) is 0 Å². The molecular formula is C67H78F6IN3O5P-. The van der Waals surface area contributed by atoms with Crippen LogP contribution in [-0.4, -0.2) is 63.6 Å². The Hall–Kier alpha value is -6.07. The van der Waals surface area contributed by atoms with Crippen molar-refractivity contribution >= 4 is 36.3 Å². The second-order valence-corrected chi connectivity index (χ2v) is 26.8. The molecule has 446 valence electrons. The number of benzene rings is 6. The average molecular weight is 1280 g/mol. The Balaban J connectivity index is 0.000000301. The van der Waals surface area contributed by atoms with Gasteiger partial charge < -0.3 is 19.3 Å². The predicted octanol–water partition coefficient (Wildman–Crippen LogP) is 14.2. The van der Waals surface area contributed by atoms with E-state index in [1.54, 1.807) is 21.3 Å². The van der Waals surface area contributed by atoms with Crippen LogP contribution in [0.4, 0.5) is 47.9 Å². The number of nitrogens with zero attached hydrogens (tertiary/aromatic N) is 3. The topological polar surface area (TPSA) is 77.6 Å². The number of methoxy groups -OCH3 is 3. The monoisotopic (exact) mass is 1280 g/mol. The van der Waals surface area contributed by atoms with E-state index in [1.807, 2.05) is 12.1 Å². The van der Waals surface area contributed by atoms with Crippen LogP contribution in [-0.2, 0) is 33.5 Å². The van der Waals surface area contributed by atoms with Crippen LogP contribution in [0.5, 0.6) is 5.75 Å². The quantitative estimate of drug-likeness (QED) is 0.0310. The van der Waals surface area contributed by atoms with Gasteiger partial charge in [0.05, 0.1) is 0 Å². The van der Waals surface area contributed by atoms with Crippen molar-refractivity contribution in [1.29, 1.82) is 0 Å². The van der Waals surface area contributed by atoms with E-state index in [2.05, 4.69) is 208 Å². The number of allylic oxidation sites excluding steroid dienone is 8. The third kappa shape index (κ3) is 16.9. The molecule has 2 N–H and O–H groups in total. The molecule has 0 spiro atoms. The van der Waals surface area contributed by atoms with Crippen molar-refractivity contribution in [1.82, 2.24) is 4.58 Å². The number of fused-ring (bicyclic) bond motifs is 2. The molecule has 1 aliphatic carbocycles. The summed E-state index contributed by atoms with van der Waals surface area (Å²) in [5, 5.41) is 19.1. The number of hydrogen-bond acceptors (Lipinski definition) is 7. The molecule has 0 unspecified atom stereocenters. The van der Waals surface area contributed by atoms with Crippen molar-refractivity contribution < 1.29 is 70.8 Å². The normalized spacial score (nSPS) is 17.9. The van der Waals surface area contributed by atoms with Crippen LogP contribution >= 0.6 is 7.81 Å². The Bertz CT molecular complexity index is 3210. The standard InChI is InChI=1S/C51H60N3O2.C16H18IO3.F6P/c1-37-21-27-45-43(35-37)50(3,4)47(52(45)31-15-33-55-7)29-25-39-23-24-40(49(39)54(41-17-11-9-12-18-41)42-19-13-10-14-20-42)26-30-48-51(5,6)44-36-38(2)22-28-46(44)53(48)32-16-34-56-8;1-11-3-5-14(6-4-11)17-16-12(9-18)7-15(20-2)8-13(16)10-19;1-7(2,3,4,5)6/h9-14,17-22,25-30,35-36H,15-16,23-24,31-34H2,1-8H3;3-8,18-19H,9-10H2,1-2H3;/q+1;2*-1. The number of hydrogen-bond donors (Lipinski definition) is 2. The number of aliphatic hydroxyl groups is 2. The number of aliphatic hydroxyl groups excluding tert-OH is 2. The maximum atomic E-state index is 9.87. The number of anilines is 2. The first-order valence-electron chi connectivity index (χ1n) is 27.7. The Morgan fingerprint density at radius 3 is 1.33 bits per heavy atom. The van der Waals surface area contributed by atoms with Crippen LogP contribution in [0.1, 0.15) is 92.3 Å². The molecule has 83 heavy (non-hydrogen) atoms. The zero-order valence-corrected chi connectivity index (χ0v) is 52.2. The molecule has 2 aliphatic heterocycles. The number of halogens is 7. The molecule has 0 aromatic heterocycles. The molecule has 0 atom stereocenters. The summed E-state index contributed by atoms with van der Waals surface area (Å²) in [5.74, 6) is 0.676. The molecule has 0 radical (unpaired) electrons. The van der Waals surface area contributed by atoms with Gasteiger partial charge in [-0.3, -0.25) is 0 Å². The fraction of sp³-hybridized carbons (Fsp3) is 0.328. The van der Waals surface area contributed by atoms with Crippen LogP contribution in [0.3, 0.4) is 0 Å². The minimum atomic E-state index is -10.7.